The summed E-state index contributed by atoms with van der Waals surface area (Å²) in [5.74, 6) is 3.20. The summed E-state index contributed by atoms with van der Waals surface area (Å²) in [6, 6.07) is 6.67. The minimum atomic E-state index is -0.0592. The van der Waals surface area contributed by atoms with Crippen LogP contribution in [0.2, 0.25) is 0 Å². The van der Waals surface area contributed by atoms with E-state index in [1.54, 1.807) is 12.7 Å². The van der Waals surface area contributed by atoms with Gasteiger partial charge in [-0.3, -0.25) is 0 Å². The van der Waals surface area contributed by atoms with Crippen molar-refractivity contribution in [3.63, 3.8) is 0 Å². The molecule has 2 fully saturated rings. The third-order valence-electron chi connectivity index (χ3n) is 6.68. The summed E-state index contributed by atoms with van der Waals surface area (Å²) < 4.78 is 5.38. The van der Waals surface area contributed by atoms with Crippen LogP contribution in [0.25, 0.3) is 0 Å². The van der Waals surface area contributed by atoms with Crippen LogP contribution in [-0.2, 0) is 6.42 Å². The second-order valence-corrected chi connectivity index (χ2v) is 7.77. The van der Waals surface area contributed by atoms with Crippen molar-refractivity contribution in [3.05, 3.63) is 29.3 Å². The van der Waals surface area contributed by atoms with Crippen molar-refractivity contribution >= 4 is 0 Å². The molecule has 114 valence electrons. The third-order valence-corrected chi connectivity index (χ3v) is 6.68. The van der Waals surface area contributed by atoms with Gasteiger partial charge in [0.15, 0.2) is 0 Å². The molecule has 2 saturated carbocycles. The van der Waals surface area contributed by atoms with Crippen molar-refractivity contribution in [1.29, 1.82) is 0 Å². The highest BCUT2D eigenvalue weighted by Crippen LogP contribution is 2.60. The predicted molar refractivity (Wildman–Crippen MR) is 83.6 cm³/mol. The normalized spacial score (nSPS) is 41.1. The van der Waals surface area contributed by atoms with Crippen molar-refractivity contribution in [2.24, 2.45) is 17.3 Å². The highest BCUT2D eigenvalue weighted by molar-refractivity contribution is 5.40. The Labute approximate surface area is 127 Å². The zero-order valence-corrected chi connectivity index (χ0v) is 13.1. The van der Waals surface area contributed by atoms with Crippen LogP contribution in [-0.4, -0.2) is 18.3 Å². The number of fused-ring (bicyclic) bond motifs is 5. The molecule has 0 saturated heterocycles. The summed E-state index contributed by atoms with van der Waals surface area (Å²) >= 11 is 0. The quantitative estimate of drug-likeness (QED) is 0.848. The fourth-order valence-corrected chi connectivity index (χ4v) is 5.71. The molecule has 0 bridgehead atoms. The zero-order chi connectivity index (χ0) is 14.6. The molecule has 2 heteroatoms. The van der Waals surface area contributed by atoms with Crippen LogP contribution in [0.5, 0.6) is 5.75 Å². The van der Waals surface area contributed by atoms with Gasteiger partial charge in [-0.05, 0) is 85.0 Å². The summed E-state index contributed by atoms with van der Waals surface area (Å²) in [4.78, 5) is 0. The van der Waals surface area contributed by atoms with E-state index in [2.05, 4.69) is 25.1 Å². The van der Waals surface area contributed by atoms with Crippen molar-refractivity contribution in [3.8, 4) is 5.75 Å². The Bertz CT molecular complexity index is 552. The summed E-state index contributed by atoms with van der Waals surface area (Å²) in [5, 5.41) is 10.2. The Hall–Kier alpha value is -1.02. The molecular weight excluding hydrogens is 260 g/mol. The van der Waals surface area contributed by atoms with Gasteiger partial charge in [0, 0.05) is 0 Å². The number of methoxy groups -OCH3 is 1. The maximum Gasteiger partial charge on any atom is 0.119 e. The van der Waals surface area contributed by atoms with Gasteiger partial charge in [-0.15, -0.1) is 0 Å². The minimum Gasteiger partial charge on any atom is -0.497 e. The van der Waals surface area contributed by atoms with Gasteiger partial charge in [0.05, 0.1) is 13.2 Å². The minimum absolute atomic E-state index is 0.0592. The van der Waals surface area contributed by atoms with Gasteiger partial charge >= 0.3 is 0 Å². The predicted octanol–water partition coefficient (Wildman–Crippen LogP) is 3.91. The number of aliphatic hydroxyl groups excluding tert-OH is 1. The Morgan fingerprint density at radius 3 is 2.95 bits per heavy atom. The van der Waals surface area contributed by atoms with Crippen LogP contribution in [0.3, 0.4) is 0 Å². The first-order valence-corrected chi connectivity index (χ1v) is 8.45. The van der Waals surface area contributed by atoms with Crippen molar-refractivity contribution < 1.29 is 9.84 Å². The molecule has 1 N–H and O–H groups in total. The lowest BCUT2D eigenvalue weighted by molar-refractivity contribution is 0.0596. The zero-order valence-electron chi connectivity index (χ0n) is 13.1. The second-order valence-electron chi connectivity index (χ2n) is 7.77. The molecule has 0 heterocycles. The maximum absolute atomic E-state index is 10.2. The largest absolute Gasteiger partial charge is 0.497 e. The van der Waals surface area contributed by atoms with Gasteiger partial charge in [-0.25, -0.2) is 0 Å². The Morgan fingerprint density at radius 2 is 2.14 bits per heavy atom. The van der Waals surface area contributed by atoms with E-state index in [1.807, 2.05) is 0 Å². The maximum atomic E-state index is 10.2. The number of rotatable bonds is 1. The highest BCUT2D eigenvalue weighted by atomic mass is 16.5. The Morgan fingerprint density at radius 1 is 1.29 bits per heavy atom. The summed E-state index contributed by atoms with van der Waals surface area (Å²) in [7, 11) is 1.75. The van der Waals surface area contributed by atoms with Gasteiger partial charge in [0.25, 0.3) is 0 Å². The first-order valence-electron chi connectivity index (χ1n) is 8.45. The van der Waals surface area contributed by atoms with Gasteiger partial charge in [-0.2, -0.15) is 0 Å². The average Bonchev–Trinajstić information content (AvgIpc) is 2.80. The number of hydrogen-bond donors (Lipinski definition) is 1. The molecule has 0 spiro atoms. The van der Waals surface area contributed by atoms with Crippen molar-refractivity contribution in [2.75, 3.05) is 7.11 Å². The Balaban J connectivity index is 1.68. The van der Waals surface area contributed by atoms with Crippen LogP contribution in [0.4, 0.5) is 0 Å². The number of aliphatic hydroxyl groups is 1. The number of aryl methyl sites for hydroxylation is 1. The van der Waals surface area contributed by atoms with Gasteiger partial charge < -0.3 is 9.84 Å². The van der Waals surface area contributed by atoms with Crippen LogP contribution < -0.4 is 4.74 Å². The van der Waals surface area contributed by atoms with Crippen molar-refractivity contribution in [1.82, 2.24) is 0 Å². The third kappa shape index (κ3) is 2.03. The standard InChI is InChI=1S/C19H26O2/c1-19-8-7-16-15-6-4-14(21-2)9-12(15)3-5-17(16)18(19)10-13(20)11-19/h4,6,9,13,16-18,20H,3,5,7-8,10-11H2,1-2H3/t13-,16+,17+,18-,19-/m0/s1. The molecule has 3 aliphatic carbocycles. The van der Waals surface area contributed by atoms with Gasteiger partial charge in [-0.1, -0.05) is 13.0 Å². The summed E-state index contributed by atoms with van der Waals surface area (Å²) in [6.45, 7) is 2.42. The van der Waals surface area contributed by atoms with E-state index in [4.69, 9.17) is 4.74 Å². The average molecular weight is 286 g/mol. The first-order chi connectivity index (χ1) is 10.1. The van der Waals surface area contributed by atoms with E-state index in [0.717, 1.165) is 30.4 Å². The molecule has 0 radical (unpaired) electrons. The molecule has 0 unspecified atom stereocenters. The molecule has 1 aromatic rings. The Kier molecular flexibility index (Phi) is 3.08. The highest BCUT2D eigenvalue weighted by Gasteiger charge is 2.52. The summed E-state index contributed by atoms with van der Waals surface area (Å²) in [6.07, 6.45) is 7.04. The van der Waals surface area contributed by atoms with Gasteiger partial charge in [0.1, 0.15) is 5.75 Å². The van der Waals surface area contributed by atoms with E-state index >= 15 is 0 Å². The van der Waals surface area contributed by atoms with E-state index in [-0.39, 0.29) is 6.10 Å². The monoisotopic (exact) mass is 286 g/mol. The lowest BCUT2D eigenvalue weighted by Crippen LogP contribution is -2.39. The summed E-state index contributed by atoms with van der Waals surface area (Å²) in [5.41, 5.74) is 3.46. The van der Waals surface area contributed by atoms with Crippen molar-refractivity contribution in [2.45, 2.75) is 57.5 Å². The van der Waals surface area contributed by atoms with Crippen LogP contribution >= 0.6 is 0 Å². The fraction of sp³-hybridized carbons (Fsp3) is 0.684. The lowest BCUT2D eigenvalue weighted by Gasteiger charge is -2.49. The van der Waals surface area contributed by atoms with Crippen LogP contribution in [0.15, 0.2) is 18.2 Å². The van der Waals surface area contributed by atoms with Gasteiger partial charge in [0.2, 0.25) is 0 Å². The van der Waals surface area contributed by atoms with E-state index in [0.29, 0.717) is 11.3 Å². The smallest absolute Gasteiger partial charge is 0.119 e. The molecule has 0 amide bonds. The van der Waals surface area contributed by atoms with Crippen LogP contribution in [0.1, 0.15) is 56.1 Å². The van der Waals surface area contributed by atoms with Crippen LogP contribution in [0, 0.1) is 17.3 Å². The molecule has 1 aromatic carbocycles. The molecule has 21 heavy (non-hydrogen) atoms. The molecule has 3 aliphatic rings. The molecule has 4 rings (SSSR count). The molecular formula is C19H26O2. The van der Waals surface area contributed by atoms with E-state index < -0.39 is 0 Å². The number of hydrogen-bond acceptors (Lipinski definition) is 2. The number of ether oxygens (including phenoxy) is 1. The molecule has 5 atom stereocenters. The second kappa shape index (κ2) is 4.74. The topological polar surface area (TPSA) is 29.5 Å². The van der Waals surface area contributed by atoms with E-state index in [1.165, 1.54) is 31.2 Å². The fourth-order valence-electron chi connectivity index (χ4n) is 5.71. The number of benzene rings is 1. The molecule has 2 nitrogen and oxygen atoms in total. The first kappa shape index (κ1) is 13.6. The lowest BCUT2D eigenvalue weighted by atomic mass is 9.56. The molecule has 0 aromatic heterocycles. The van der Waals surface area contributed by atoms with E-state index in [9.17, 15) is 5.11 Å². The SMILES string of the molecule is COc1ccc2c(c1)CC[C@@H]1[C@@H]2CC[C@@]2(C)C[C@@H](O)C[C@@H]12. The molecule has 0 aliphatic heterocycles.